The highest BCUT2D eigenvalue weighted by atomic mass is 35.5. The molecule has 96 valence electrons. The Morgan fingerprint density at radius 1 is 1.24 bits per heavy atom. The van der Waals surface area contributed by atoms with Crippen LogP contribution < -0.4 is 4.74 Å². The number of rotatable bonds is 8. The van der Waals surface area contributed by atoms with Gasteiger partial charge < -0.3 is 9.47 Å². The van der Waals surface area contributed by atoms with Crippen LogP contribution in [-0.4, -0.2) is 23.7 Å². The summed E-state index contributed by atoms with van der Waals surface area (Å²) in [5.74, 6) is 1.07. The summed E-state index contributed by atoms with van der Waals surface area (Å²) in [6, 6.07) is 1.63. The second kappa shape index (κ2) is 8.25. The third kappa shape index (κ3) is 5.84. The summed E-state index contributed by atoms with van der Waals surface area (Å²) in [7, 11) is 1.59. The number of aromatic nitrogens is 2. The summed E-state index contributed by atoms with van der Waals surface area (Å²) >= 11 is 5.86. The van der Waals surface area contributed by atoms with Crippen LogP contribution in [0.3, 0.4) is 0 Å². The van der Waals surface area contributed by atoms with E-state index in [1.54, 1.807) is 13.2 Å². The number of hydrogen-bond acceptors (Lipinski definition) is 4. The molecule has 0 amide bonds. The Morgan fingerprint density at radius 3 is 2.76 bits per heavy atom. The number of ether oxygens (including phenoxy) is 2. The molecule has 0 saturated heterocycles. The Morgan fingerprint density at radius 2 is 2.06 bits per heavy atom. The minimum atomic E-state index is 0.340. The third-order valence-electron chi connectivity index (χ3n) is 2.24. The molecule has 0 aromatic carbocycles. The van der Waals surface area contributed by atoms with Crippen LogP contribution in [0.15, 0.2) is 6.07 Å². The van der Waals surface area contributed by atoms with Gasteiger partial charge in [0.2, 0.25) is 5.88 Å². The fourth-order valence-electron chi connectivity index (χ4n) is 1.42. The van der Waals surface area contributed by atoms with Crippen molar-refractivity contribution in [3.63, 3.8) is 0 Å². The molecule has 0 aliphatic heterocycles. The van der Waals surface area contributed by atoms with Crippen LogP contribution in [0.1, 0.15) is 38.4 Å². The minimum absolute atomic E-state index is 0.340. The molecule has 0 radical (unpaired) electrons. The second-order valence-electron chi connectivity index (χ2n) is 3.79. The summed E-state index contributed by atoms with van der Waals surface area (Å²) in [6.45, 7) is 3.19. The lowest BCUT2D eigenvalue weighted by Crippen LogP contribution is -2.03. The molecule has 0 aliphatic carbocycles. The zero-order valence-electron chi connectivity index (χ0n) is 10.4. The van der Waals surface area contributed by atoms with Crippen LogP contribution in [0.25, 0.3) is 0 Å². The van der Waals surface area contributed by atoms with Gasteiger partial charge in [-0.1, -0.05) is 37.8 Å². The van der Waals surface area contributed by atoms with E-state index in [1.807, 2.05) is 0 Å². The first-order chi connectivity index (χ1) is 8.26. The largest absolute Gasteiger partial charge is 0.478 e. The Labute approximate surface area is 107 Å². The zero-order valence-corrected chi connectivity index (χ0v) is 11.2. The van der Waals surface area contributed by atoms with E-state index in [9.17, 15) is 0 Å². The van der Waals surface area contributed by atoms with Gasteiger partial charge in [-0.15, -0.1) is 0 Å². The van der Waals surface area contributed by atoms with Crippen LogP contribution in [0.4, 0.5) is 0 Å². The molecular formula is C12H19ClN2O2. The lowest BCUT2D eigenvalue weighted by atomic mass is 10.2. The van der Waals surface area contributed by atoms with E-state index >= 15 is 0 Å². The maximum atomic E-state index is 5.86. The first-order valence-corrected chi connectivity index (χ1v) is 6.29. The van der Waals surface area contributed by atoms with Gasteiger partial charge in [-0.25, -0.2) is 4.98 Å². The van der Waals surface area contributed by atoms with Crippen molar-refractivity contribution in [3.8, 4) is 5.88 Å². The van der Waals surface area contributed by atoms with E-state index in [4.69, 9.17) is 21.1 Å². The predicted molar refractivity (Wildman–Crippen MR) is 67.4 cm³/mol. The SMILES string of the molecule is CCCCCCOc1cc(Cl)nc(COC)n1. The van der Waals surface area contributed by atoms with Crippen LogP contribution in [0, 0.1) is 0 Å². The Kier molecular flexibility index (Phi) is 6.89. The molecule has 0 aliphatic rings. The van der Waals surface area contributed by atoms with E-state index in [0.29, 0.717) is 30.1 Å². The predicted octanol–water partition coefficient (Wildman–Crippen LogP) is 3.24. The molecule has 1 heterocycles. The number of hydrogen-bond donors (Lipinski definition) is 0. The van der Waals surface area contributed by atoms with Crippen LogP contribution >= 0.6 is 11.6 Å². The second-order valence-corrected chi connectivity index (χ2v) is 4.17. The van der Waals surface area contributed by atoms with E-state index in [0.717, 1.165) is 6.42 Å². The third-order valence-corrected chi connectivity index (χ3v) is 2.43. The van der Waals surface area contributed by atoms with Crippen molar-refractivity contribution in [2.45, 2.75) is 39.2 Å². The van der Waals surface area contributed by atoms with Gasteiger partial charge in [-0.05, 0) is 6.42 Å². The fourth-order valence-corrected chi connectivity index (χ4v) is 1.61. The molecule has 0 bridgehead atoms. The molecule has 0 fully saturated rings. The van der Waals surface area contributed by atoms with Crippen molar-refractivity contribution < 1.29 is 9.47 Å². The lowest BCUT2D eigenvalue weighted by molar-refractivity contribution is 0.176. The summed E-state index contributed by atoms with van der Waals surface area (Å²) < 4.78 is 10.5. The molecule has 1 aromatic rings. The van der Waals surface area contributed by atoms with Gasteiger partial charge in [-0.2, -0.15) is 4.98 Å². The Bertz CT molecular complexity index is 334. The van der Waals surface area contributed by atoms with Crippen molar-refractivity contribution in [3.05, 3.63) is 17.0 Å². The van der Waals surface area contributed by atoms with Gasteiger partial charge in [0.25, 0.3) is 0 Å². The summed E-state index contributed by atoms with van der Waals surface area (Å²) in [5.41, 5.74) is 0. The number of halogens is 1. The smallest absolute Gasteiger partial charge is 0.218 e. The molecule has 0 saturated carbocycles. The van der Waals surface area contributed by atoms with Gasteiger partial charge in [0.05, 0.1) is 6.61 Å². The fraction of sp³-hybridized carbons (Fsp3) is 0.667. The van der Waals surface area contributed by atoms with Crippen molar-refractivity contribution in [2.24, 2.45) is 0 Å². The molecule has 0 N–H and O–H groups in total. The van der Waals surface area contributed by atoms with Crippen molar-refractivity contribution in [2.75, 3.05) is 13.7 Å². The standard InChI is InChI=1S/C12H19ClN2O2/c1-3-4-5-6-7-17-12-8-10(13)14-11(15-12)9-16-2/h8H,3-7,9H2,1-2H3. The van der Waals surface area contributed by atoms with E-state index in [-0.39, 0.29) is 0 Å². The van der Waals surface area contributed by atoms with Crippen molar-refractivity contribution in [1.29, 1.82) is 0 Å². The van der Waals surface area contributed by atoms with Gasteiger partial charge in [0.1, 0.15) is 11.8 Å². The van der Waals surface area contributed by atoms with E-state index < -0.39 is 0 Å². The molecular weight excluding hydrogens is 240 g/mol. The highest BCUT2D eigenvalue weighted by Crippen LogP contribution is 2.14. The monoisotopic (exact) mass is 258 g/mol. The van der Waals surface area contributed by atoms with Crippen molar-refractivity contribution >= 4 is 11.6 Å². The minimum Gasteiger partial charge on any atom is -0.478 e. The van der Waals surface area contributed by atoms with Gasteiger partial charge in [0, 0.05) is 13.2 Å². The first-order valence-electron chi connectivity index (χ1n) is 5.91. The topological polar surface area (TPSA) is 44.2 Å². The Balaban J connectivity index is 2.41. The van der Waals surface area contributed by atoms with Crippen LogP contribution in [0.2, 0.25) is 5.15 Å². The quantitative estimate of drug-likeness (QED) is 0.530. The maximum absolute atomic E-state index is 5.86. The van der Waals surface area contributed by atoms with Crippen LogP contribution in [-0.2, 0) is 11.3 Å². The summed E-state index contributed by atoms with van der Waals surface area (Å²) in [4.78, 5) is 8.23. The average molecular weight is 259 g/mol. The molecule has 0 atom stereocenters. The van der Waals surface area contributed by atoms with Gasteiger partial charge >= 0.3 is 0 Å². The highest BCUT2D eigenvalue weighted by molar-refractivity contribution is 6.29. The molecule has 17 heavy (non-hydrogen) atoms. The molecule has 5 heteroatoms. The maximum Gasteiger partial charge on any atom is 0.218 e. The van der Waals surface area contributed by atoms with E-state index in [1.165, 1.54) is 19.3 Å². The summed E-state index contributed by atoms with van der Waals surface area (Å²) in [5, 5.41) is 0.385. The average Bonchev–Trinajstić information content (AvgIpc) is 2.28. The normalized spacial score (nSPS) is 10.5. The number of unbranched alkanes of at least 4 members (excludes halogenated alkanes) is 3. The first kappa shape index (κ1) is 14.2. The molecule has 1 rings (SSSR count). The van der Waals surface area contributed by atoms with Gasteiger partial charge in [-0.3, -0.25) is 0 Å². The Hall–Kier alpha value is -0.870. The molecule has 4 nitrogen and oxygen atoms in total. The molecule has 1 aromatic heterocycles. The lowest BCUT2D eigenvalue weighted by Gasteiger charge is -2.06. The van der Waals surface area contributed by atoms with Gasteiger partial charge in [0.15, 0.2) is 5.82 Å². The number of methoxy groups -OCH3 is 1. The van der Waals surface area contributed by atoms with E-state index in [2.05, 4.69) is 16.9 Å². The summed E-state index contributed by atoms with van der Waals surface area (Å²) in [6.07, 6.45) is 4.68. The zero-order chi connectivity index (χ0) is 12.5. The molecule has 0 unspecified atom stereocenters. The van der Waals surface area contributed by atoms with Crippen LogP contribution in [0.5, 0.6) is 5.88 Å². The van der Waals surface area contributed by atoms with Crippen molar-refractivity contribution in [1.82, 2.24) is 9.97 Å². The molecule has 0 spiro atoms. The highest BCUT2D eigenvalue weighted by Gasteiger charge is 2.03. The number of nitrogens with zero attached hydrogens (tertiary/aromatic N) is 2.